The van der Waals surface area contributed by atoms with Gasteiger partial charge in [-0.1, -0.05) is 16.8 Å². The van der Waals surface area contributed by atoms with Gasteiger partial charge in [0.1, 0.15) is 0 Å². The molecule has 0 radical (unpaired) electrons. The standard InChI is InChI=1S/C12H11ClN2O2/c1-7-5-9(13)3-4-10(7)15-12(16)11-8(2)6-14-17-11/h3-6H,1-2H3,(H,15,16). The van der Waals surface area contributed by atoms with Crippen LogP contribution in [0.3, 0.4) is 0 Å². The first kappa shape index (κ1) is 11.7. The minimum atomic E-state index is -0.314. The van der Waals surface area contributed by atoms with E-state index in [4.69, 9.17) is 16.1 Å². The van der Waals surface area contributed by atoms with Gasteiger partial charge in [0, 0.05) is 16.3 Å². The maximum Gasteiger partial charge on any atom is 0.294 e. The molecule has 5 heteroatoms. The molecule has 1 amide bonds. The number of amides is 1. The summed E-state index contributed by atoms with van der Waals surface area (Å²) < 4.78 is 4.87. The van der Waals surface area contributed by atoms with Crippen LogP contribution >= 0.6 is 11.6 Å². The third-order valence-corrected chi connectivity index (χ3v) is 2.63. The van der Waals surface area contributed by atoms with Gasteiger partial charge in [-0.3, -0.25) is 4.79 Å². The van der Waals surface area contributed by atoms with E-state index in [1.165, 1.54) is 6.20 Å². The van der Waals surface area contributed by atoms with Gasteiger partial charge in [0.25, 0.3) is 5.91 Å². The molecular formula is C12H11ClN2O2. The largest absolute Gasteiger partial charge is 0.351 e. The van der Waals surface area contributed by atoms with Crippen LogP contribution in [0.5, 0.6) is 0 Å². The first-order valence-corrected chi connectivity index (χ1v) is 5.44. The van der Waals surface area contributed by atoms with Crippen LogP contribution in [0.1, 0.15) is 21.7 Å². The molecule has 0 unspecified atom stereocenters. The van der Waals surface area contributed by atoms with Gasteiger partial charge in [0.15, 0.2) is 0 Å². The number of nitrogens with zero attached hydrogens (tertiary/aromatic N) is 1. The van der Waals surface area contributed by atoms with Crippen molar-refractivity contribution in [3.05, 3.63) is 46.3 Å². The van der Waals surface area contributed by atoms with Gasteiger partial charge < -0.3 is 9.84 Å². The molecule has 4 nitrogen and oxygen atoms in total. The van der Waals surface area contributed by atoms with E-state index in [1.54, 1.807) is 25.1 Å². The van der Waals surface area contributed by atoms with Gasteiger partial charge >= 0.3 is 0 Å². The van der Waals surface area contributed by atoms with Crippen molar-refractivity contribution in [2.75, 3.05) is 5.32 Å². The monoisotopic (exact) mass is 250 g/mol. The van der Waals surface area contributed by atoms with Gasteiger partial charge in [-0.15, -0.1) is 0 Å². The summed E-state index contributed by atoms with van der Waals surface area (Å²) in [6, 6.07) is 5.25. The van der Waals surface area contributed by atoms with E-state index in [-0.39, 0.29) is 11.7 Å². The molecule has 2 rings (SSSR count). The predicted molar refractivity (Wildman–Crippen MR) is 65.4 cm³/mol. The predicted octanol–water partition coefficient (Wildman–Crippen LogP) is 3.20. The topological polar surface area (TPSA) is 55.1 Å². The van der Waals surface area contributed by atoms with Crippen LogP contribution in [0.15, 0.2) is 28.9 Å². The fourth-order valence-electron chi connectivity index (χ4n) is 1.46. The quantitative estimate of drug-likeness (QED) is 0.891. The van der Waals surface area contributed by atoms with Gasteiger partial charge in [-0.2, -0.15) is 0 Å². The van der Waals surface area contributed by atoms with Crippen LogP contribution < -0.4 is 5.32 Å². The van der Waals surface area contributed by atoms with E-state index in [2.05, 4.69) is 10.5 Å². The smallest absolute Gasteiger partial charge is 0.294 e. The maximum absolute atomic E-state index is 11.9. The number of halogens is 1. The van der Waals surface area contributed by atoms with Crippen LogP contribution in [-0.2, 0) is 0 Å². The van der Waals surface area contributed by atoms with E-state index < -0.39 is 0 Å². The molecule has 0 saturated carbocycles. The molecule has 1 aromatic heterocycles. The second-order valence-electron chi connectivity index (χ2n) is 3.75. The lowest BCUT2D eigenvalue weighted by molar-refractivity contribution is 0.0987. The lowest BCUT2D eigenvalue weighted by atomic mass is 10.2. The number of carbonyl (C=O) groups is 1. The molecule has 0 aliphatic rings. The molecule has 0 aliphatic carbocycles. The van der Waals surface area contributed by atoms with Crippen LogP contribution in [0.4, 0.5) is 5.69 Å². The highest BCUT2D eigenvalue weighted by Gasteiger charge is 2.14. The van der Waals surface area contributed by atoms with Gasteiger partial charge in [-0.25, -0.2) is 0 Å². The third kappa shape index (κ3) is 2.47. The van der Waals surface area contributed by atoms with Crippen molar-refractivity contribution >= 4 is 23.2 Å². The molecule has 1 aromatic carbocycles. The lowest BCUT2D eigenvalue weighted by Crippen LogP contribution is -2.12. The normalized spacial score (nSPS) is 10.3. The van der Waals surface area contributed by atoms with Gasteiger partial charge in [0.05, 0.1) is 6.20 Å². The fraction of sp³-hybridized carbons (Fsp3) is 0.167. The first-order valence-electron chi connectivity index (χ1n) is 5.06. The Labute approximate surface area is 104 Å². The summed E-state index contributed by atoms with van der Waals surface area (Å²) in [4.78, 5) is 11.9. The number of nitrogens with one attached hydrogen (secondary N) is 1. The Morgan fingerprint density at radius 1 is 1.35 bits per heavy atom. The van der Waals surface area contributed by atoms with Gasteiger partial charge in [0.2, 0.25) is 5.76 Å². The Bertz CT molecular complexity index is 563. The number of hydrogen-bond donors (Lipinski definition) is 1. The van der Waals surface area contributed by atoms with E-state index in [9.17, 15) is 4.79 Å². The summed E-state index contributed by atoms with van der Waals surface area (Å²) in [5.41, 5.74) is 2.30. The molecule has 0 aliphatic heterocycles. The van der Waals surface area contributed by atoms with Crippen LogP contribution in [0.25, 0.3) is 0 Å². The lowest BCUT2D eigenvalue weighted by Gasteiger charge is -2.07. The minimum Gasteiger partial charge on any atom is -0.351 e. The third-order valence-electron chi connectivity index (χ3n) is 2.39. The Hall–Kier alpha value is -1.81. The molecule has 0 saturated heterocycles. The number of rotatable bonds is 2. The SMILES string of the molecule is Cc1cc(Cl)ccc1NC(=O)c1oncc1C. The summed E-state index contributed by atoms with van der Waals surface area (Å²) in [6.45, 7) is 3.63. The zero-order valence-corrected chi connectivity index (χ0v) is 10.2. The highest BCUT2D eigenvalue weighted by Crippen LogP contribution is 2.20. The van der Waals surface area contributed by atoms with Crippen LogP contribution in [0.2, 0.25) is 5.02 Å². The van der Waals surface area contributed by atoms with Crippen molar-refractivity contribution in [3.63, 3.8) is 0 Å². The molecule has 0 fully saturated rings. The molecule has 1 heterocycles. The second kappa shape index (κ2) is 4.59. The van der Waals surface area contributed by atoms with Crippen molar-refractivity contribution in [2.24, 2.45) is 0 Å². The number of hydrogen-bond acceptors (Lipinski definition) is 3. The number of anilines is 1. The average molecular weight is 251 g/mol. The van der Waals surface area contributed by atoms with E-state index in [0.29, 0.717) is 16.3 Å². The molecular weight excluding hydrogens is 240 g/mol. The van der Waals surface area contributed by atoms with Crippen LogP contribution in [0, 0.1) is 13.8 Å². The summed E-state index contributed by atoms with van der Waals surface area (Å²) in [5, 5.41) is 6.95. The maximum atomic E-state index is 11.9. The Kier molecular flexibility index (Phi) is 3.15. The molecule has 1 N–H and O–H groups in total. The van der Waals surface area contributed by atoms with Gasteiger partial charge in [-0.05, 0) is 37.6 Å². The number of aromatic nitrogens is 1. The number of carbonyl (C=O) groups excluding carboxylic acids is 1. The van der Waals surface area contributed by atoms with Crippen LogP contribution in [-0.4, -0.2) is 11.1 Å². The Balaban J connectivity index is 2.22. The van der Waals surface area contributed by atoms with E-state index in [1.807, 2.05) is 6.92 Å². The number of aryl methyl sites for hydroxylation is 2. The summed E-state index contributed by atoms with van der Waals surface area (Å²) in [5.74, 6) is -0.0928. The molecule has 2 aromatic rings. The van der Waals surface area contributed by atoms with Crippen molar-refractivity contribution in [1.29, 1.82) is 0 Å². The molecule has 88 valence electrons. The average Bonchev–Trinajstić information content (AvgIpc) is 2.68. The summed E-state index contributed by atoms with van der Waals surface area (Å²) in [6.07, 6.45) is 1.50. The zero-order chi connectivity index (χ0) is 12.4. The van der Waals surface area contributed by atoms with E-state index in [0.717, 1.165) is 5.56 Å². The molecule has 17 heavy (non-hydrogen) atoms. The summed E-state index contributed by atoms with van der Waals surface area (Å²) >= 11 is 5.84. The number of benzene rings is 1. The second-order valence-corrected chi connectivity index (χ2v) is 4.19. The summed E-state index contributed by atoms with van der Waals surface area (Å²) in [7, 11) is 0. The minimum absolute atomic E-state index is 0.222. The van der Waals surface area contributed by atoms with Crippen molar-refractivity contribution in [1.82, 2.24) is 5.16 Å². The molecule has 0 spiro atoms. The van der Waals surface area contributed by atoms with Crippen molar-refractivity contribution < 1.29 is 9.32 Å². The van der Waals surface area contributed by atoms with Crippen molar-refractivity contribution in [3.8, 4) is 0 Å². The molecule has 0 atom stereocenters. The molecule has 0 bridgehead atoms. The van der Waals surface area contributed by atoms with Crippen molar-refractivity contribution in [2.45, 2.75) is 13.8 Å². The Morgan fingerprint density at radius 3 is 2.71 bits per heavy atom. The fourth-order valence-corrected chi connectivity index (χ4v) is 1.68. The zero-order valence-electron chi connectivity index (χ0n) is 9.45. The highest BCUT2D eigenvalue weighted by atomic mass is 35.5. The highest BCUT2D eigenvalue weighted by molar-refractivity contribution is 6.30. The van der Waals surface area contributed by atoms with E-state index >= 15 is 0 Å². The first-order chi connectivity index (χ1) is 8.08. The Morgan fingerprint density at radius 2 is 2.12 bits per heavy atom.